The molecule has 0 saturated carbocycles. The molecule has 0 atom stereocenters. The summed E-state index contributed by atoms with van der Waals surface area (Å²) in [6, 6.07) is 1.81. The van der Waals surface area contributed by atoms with Gasteiger partial charge < -0.3 is 4.74 Å². The third-order valence-corrected chi connectivity index (χ3v) is 4.92. The monoisotopic (exact) mass is 406 g/mol. The summed E-state index contributed by atoms with van der Waals surface area (Å²) in [5.41, 5.74) is 1.11. The van der Waals surface area contributed by atoms with Crippen molar-refractivity contribution in [2.75, 3.05) is 7.11 Å². The second-order valence-corrected chi connectivity index (χ2v) is 7.60. The number of aryl methyl sites for hydroxylation is 1. The standard InChI is InChI=1S/C12H12Br2N2O2S/c1-3-4-16-10(8(18-2)6-15-16)11(17)7-5-9(13)19-12(7)14/h5-6H,3-4H2,1-2H3. The van der Waals surface area contributed by atoms with Crippen LogP contribution in [-0.4, -0.2) is 22.7 Å². The van der Waals surface area contributed by atoms with Crippen LogP contribution in [0.4, 0.5) is 0 Å². The number of halogens is 2. The van der Waals surface area contributed by atoms with E-state index in [-0.39, 0.29) is 5.78 Å². The molecule has 7 heteroatoms. The lowest BCUT2D eigenvalue weighted by Crippen LogP contribution is -2.12. The predicted molar refractivity (Wildman–Crippen MR) is 82.2 cm³/mol. The third-order valence-electron chi connectivity index (χ3n) is 2.58. The van der Waals surface area contributed by atoms with E-state index in [4.69, 9.17) is 4.74 Å². The van der Waals surface area contributed by atoms with Crippen molar-refractivity contribution in [3.63, 3.8) is 0 Å². The zero-order valence-electron chi connectivity index (χ0n) is 10.4. The minimum Gasteiger partial charge on any atom is -0.493 e. The Hall–Kier alpha value is -0.660. The summed E-state index contributed by atoms with van der Waals surface area (Å²) in [6.07, 6.45) is 2.48. The van der Waals surface area contributed by atoms with E-state index in [1.807, 2.05) is 6.92 Å². The molecule has 0 spiro atoms. The minimum absolute atomic E-state index is 0.0865. The van der Waals surface area contributed by atoms with Crippen molar-refractivity contribution in [2.45, 2.75) is 19.9 Å². The Morgan fingerprint density at radius 2 is 2.26 bits per heavy atom. The average Bonchev–Trinajstić information content (AvgIpc) is 2.92. The molecule has 102 valence electrons. The van der Waals surface area contributed by atoms with Crippen LogP contribution in [0.15, 0.2) is 19.8 Å². The van der Waals surface area contributed by atoms with E-state index < -0.39 is 0 Å². The smallest absolute Gasteiger partial charge is 0.216 e. The van der Waals surface area contributed by atoms with Gasteiger partial charge in [-0.1, -0.05) is 6.92 Å². The second kappa shape index (κ2) is 6.19. The van der Waals surface area contributed by atoms with E-state index in [1.54, 1.807) is 24.1 Å². The van der Waals surface area contributed by atoms with Crippen LogP contribution in [0.1, 0.15) is 29.4 Å². The van der Waals surface area contributed by atoms with Crippen LogP contribution in [0, 0.1) is 0 Å². The van der Waals surface area contributed by atoms with Gasteiger partial charge in [-0.3, -0.25) is 9.48 Å². The molecule has 0 unspecified atom stereocenters. The number of carbonyl (C=O) groups is 1. The van der Waals surface area contributed by atoms with Gasteiger partial charge in [0.25, 0.3) is 0 Å². The quantitative estimate of drug-likeness (QED) is 0.700. The number of ether oxygens (including phenoxy) is 1. The van der Waals surface area contributed by atoms with Crippen molar-refractivity contribution >= 4 is 49.0 Å². The highest BCUT2D eigenvalue weighted by atomic mass is 79.9. The lowest BCUT2D eigenvalue weighted by atomic mass is 10.1. The molecule has 2 rings (SSSR count). The third kappa shape index (κ3) is 2.93. The molecule has 0 aromatic carbocycles. The Bertz CT molecular complexity index is 607. The zero-order chi connectivity index (χ0) is 14.0. The highest BCUT2D eigenvalue weighted by molar-refractivity contribution is 9.12. The van der Waals surface area contributed by atoms with Gasteiger partial charge in [0, 0.05) is 6.54 Å². The van der Waals surface area contributed by atoms with Gasteiger partial charge in [0.05, 0.1) is 26.4 Å². The van der Waals surface area contributed by atoms with Gasteiger partial charge >= 0.3 is 0 Å². The molecular weight excluding hydrogens is 396 g/mol. The number of nitrogens with zero attached hydrogens (tertiary/aromatic N) is 2. The van der Waals surface area contributed by atoms with Crippen LogP contribution in [0.25, 0.3) is 0 Å². The Morgan fingerprint density at radius 1 is 1.53 bits per heavy atom. The predicted octanol–water partition coefficient (Wildman–Crippen LogP) is 4.12. The SMILES string of the molecule is CCCn1ncc(OC)c1C(=O)c1cc(Br)sc1Br. The van der Waals surface area contributed by atoms with Gasteiger partial charge in [0.1, 0.15) is 0 Å². The molecule has 0 aliphatic heterocycles. The van der Waals surface area contributed by atoms with Crippen LogP contribution in [0.3, 0.4) is 0 Å². The molecule has 0 fully saturated rings. The van der Waals surface area contributed by atoms with Gasteiger partial charge in [-0.25, -0.2) is 0 Å². The van der Waals surface area contributed by atoms with Gasteiger partial charge in [0.15, 0.2) is 11.4 Å². The molecule has 4 nitrogen and oxygen atoms in total. The highest BCUT2D eigenvalue weighted by Gasteiger charge is 2.23. The number of hydrogen-bond acceptors (Lipinski definition) is 4. The van der Waals surface area contributed by atoms with Crippen LogP contribution in [-0.2, 0) is 6.54 Å². The van der Waals surface area contributed by atoms with Crippen LogP contribution >= 0.6 is 43.2 Å². The molecule has 0 aliphatic carbocycles. The average molecular weight is 408 g/mol. The first-order valence-corrected chi connectivity index (χ1v) is 8.08. The van der Waals surface area contributed by atoms with Crippen molar-refractivity contribution in [3.05, 3.63) is 31.1 Å². The fraction of sp³-hybridized carbons (Fsp3) is 0.333. The number of aromatic nitrogens is 2. The summed E-state index contributed by atoms with van der Waals surface area (Å²) in [6.45, 7) is 2.73. The fourth-order valence-corrected chi connectivity index (χ4v) is 4.54. The van der Waals surface area contributed by atoms with Gasteiger partial charge in [-0.15, -0.1) is 11.3 Å². The molecule has 2 aromatic rings. The molecule has 2 heterocycles. The van der Waals surface area contributed by atoms with Crippen molar-refractivity contribution in [1.82, 2.24) is 9.78 Å². The number of hydrogen-bond donors (Lipinski definition) is 0. The maximum Gasteiger partial charge on any atom is 0.216 e. The Labute approximate surface area is 132 Å². The minimum atomic E-state index is -0.0865. The van der Waals surface area contributed by atoms with Crippen LogP contribution in [0.5, 0.6) is 5.75 Å². The number of thiophene rings is 1. The molecule has 0 bridgehead atoms. The molecular formula is C12H12Br2N2O2S. The molecule has 0 radical (unpaired) electrons. The summed E-state index contributed by atoms with van der Waals surface area (Å²) in [7, 11) is 1.54. The first-order valence-electron chi connectivity index (χ1n) is 5.67. The molecule has 0 aliphatic rings. The molecule has 2 aromatic heterocycles. The second-order valence-electron chi connectivity index (χ2n) is 3.85. The lowest BCUT2D eigenvalue weighted by Gasteiger charge is -2.06. The number of carbonyl (C=O) groups excluding carboxylic acids is 1. The van der Waals surface area contributed by atoms with E-state index >= 15 is 0 Å². The largest absolute Gasteiger partial charge is 0.493 e. The Morgan fingerprint density at radius 3 is 2.79 bits per heavy atom. The summed E-state index contributed by atoms with van der Waals surface area (Å²) in [5, 5.41) is 4.21. The normalized spacial score (nSPS) is 10.7. The van der Waals surface area contributed by atoms with Gasteiger partial charge in [-0.05, 0) is 44.3 Å². The summed E-state index contributed by atoms with van der Waals surface area (Å²) >= 11 is 8.26. The maximum absolute atomic E-state index is 12.6. The van der Waals surface area contributed by atoms with Crippen molar-refractivity contribution < 1.29 is 9.53 Å². The summed E-state index contributed by atoms with van der Waals surface area (Å²) < 4.78 is 8.63. The van der Waals surface area contributed by atoms with E-state index in [2.05, 4.69) is 37.0 Å². The van der Waals surface area contributed by atoms with Crippen molar-refractivity contribution in [3.8, 4) is 5.75 Å². The highest BCUT2D eigenvalue weighted by Crippen LogP contribution is 2.34. The molecule has 19 heavy (non-hydrogen) atoms. The Balaban J connectivity index is 2.48. The number of rotatable bonds is 5. The lowest BCUT2D eigenvalue weighted by molar-refractivity contribution is 0.102. The van der Waals surface area contributed by atoms with E-state index in [9.17, 15) is 4.79 Å². The molecule has 0 saturated heterocycles. The number of ketones is 1. The molecule has 0 amide bonds. The maximum atomic E-state index is 12.6. The van der Waals surface area contributed by atoms with Crippen molar-refractivity contribution in [1.29, 1.82) is 0 Å². The number of methoxy groups -OCH3 is 1. The van der Waals surface area contributed by atoms with Crippen LogP contribution < -0.4 is 4.74 Å². The van der Waals surface area contributed by atoms with Gasteiger partial charge in [0.2, 0.25) is 5.78 Å². The summed E-state index contributed by atoms with van der Waals surface area (Å²) in [4.78, 5) is 12.6. The molecule has 0 N–H and O–H groups in total. The first-order chi connectivity index (χ1) is 9.08. The topological polar surface area (TPSA) is 44.1 Å². The zero-order valence-corrected chi connectivity index (χ0v) is 14.4. The van der Waals surface area contributed by atoms with E-state index in [0.717, 1.165) is 14.0 Å². The Kier molecular flexibility index (Phi) is 4.81. The van der Waals surface area contributed by atoms with Gasteiger partial charge in [-0.2, -0.15) is 5.10 Å². The fourth-order valence-electron chi connectivity index (χ4n) is 1.75. The van der Waals surface area contributed by atoms with Crippen molar-refractivity contribution in [2.24, 2.45) is 0 Å². The van der Waals surface area contributed by atoms with E-state index in [1.165, 1.54) is 11.3 Å². The summed E-state index contributed by atoms with van der Waals surface area (Å²) in [5.74, 6) is 0.421. The first kappa shape index (κ1) is 14.7. The van der Waals surface area contributed by atoms with E-state index in [0.29, 0.717) is 23.6 Å². The van der Waals surface area contributed by atoms with Crippen LogP contribution in [0.2, 0.25) is 0 Å².